The molecule has 2 rings (SSSR count). The van der Waals surface area contributed by atoms with Gasteiger partial charge in [-0.25, -0.2) is 0 Å². The normalized spacial score (nSPS) is 15.2. The van der Waals surface area contributed by atoms with Gasteiger partial charge in [0.25, 0.3) is 0 Å². The van der Waals surface area contributed by atoms with Gasteiger partial charge in [0.2, 0.25) is 13.9 Å². The van der Waals surface area contributed by atoms with E-state index in [1.807, 2.05) is 6.92 Å². The minimum Gasteiger partial charge on any atom is -0.472 e. The molecule has 2 heterocycles. The van der Waals surface area contributed by atoms with E-state index in [4.69, 9.17) is 4.74 Å². The van der Waals surface area contributed by atoms with Crippen LogP contribution < -0.4 is 4.74 Å². The number of pyridine rings is 1. The Morgan fingerprint density at radius 2 is 2.46 bits per heavy atom. The Balaban J connectivity index is 2.51. The van der Waals surface area contributed by atoms with Crippen molar-refractivity contribution < 1.29 is 9.53 Å². The number of hydrogen-bond acceptors (Lipinski definition) is 3. The van der Waals surface area contributed by atoms with Crippen molar-refractivity contribution in [1.29, 1.82) is 0 Å². The highest BCUT2D eigenvalue weighted by atomic mass is 16.5. The van der Waals surface area contributed by atoms with E-state index in [0.717, 1.165) is 5.69 Å². The molecule has 0 radical (unpaired) electrons. The van der Waals surface area contributed by atoms with Gasteiger partial charge in [0.1, 0.15) is 0 Å². The van der Waals surface area contributed by atoms with Crippen LogP contribution in [0.3, 0.4) is 0 Å². The number of amides is 1. The minimum absolute atomic E-state index is 0.00764. The standard InChI is InChI=1S/C8H9BN2O2/c1-5-2-6-7(3-10-5)13-4-11(9)8(6)12/h2-3H,4,9H2,1H3. The Morgan fingerprint density at radius 1 is 1.69 bits per heavy atom. The van der Waals surface area contributed by atoms with Crippen LogP contribution in [-0.4, -0.2) is 30.4 Å². The molecular formula is C8H9BN2O2. The van der Waals surface area contributed by atoms with Crippen molar-refractivity contribution in [2.24, 2.45) is 0 Å². The first-order chi connectivity index (χ1) is 6.18. The first-order valence-electron chi connectivity index (χ1n) is 4.03. The summed E-state index contributed by atoms with van der Waals surface area (Å²) in [6, 6.07) is 1.74. The topological polar surface area (TPSA) is 42.4 Å². The Labute approximate surface area is 76.9 Å². The van der Waals surface area contributed by atoms with Crippen LogP contribution in [0.25, 0.3) is 0 Å². The minimum atomic E-state index is -0.00764. The van der Waals surface area contributed by atoms with Crippen molar-refractivity contribution in [3.05, 3.63) is 23.5 Å². The molecule has 1 aromatic rings. The maximum atomic E-state index is 11.6. The number of rotatable bonds is 0. The highest BCUT2D eigenvalue weighted by molar-refractivity contribution is 6.19. The van der Waals surface area contributed by atoms with E-state index in [-0.39, 0.29) is 5.91 Å². The third-order valence-corrected chi connectivity index (χ3v) is 1.99. The van der Waals surface area contributed by atoms with Crippen molar-refractivity contribution in [2.45, 2.75) is 6.92 Å². The molecule has 66 valence electrons. The fourth-order valence-corrected chi connectivity index (χ4v) is 1.26. The van der Waals surface area contributed by atoms with Gasteiger partial charge in [-0.2, -0.15) is 0 Å². The molecule has 13 heavy (non-hydrogen) atoms. The van der Waals surface area contributed by atoms with E-state index < -0.39 is 0 Å². The van der Waals surface area contributed by atoms with Crippen LogP contribution in [0.5, 0.6) is 5.75 Å². The Hall–Kier alpha value is -1.52. The second kappa shape index (κ2) is 2.76. The smallest absolute Gasteiger partial charge is 0.247 e. The largest absolute Gasteiger partial charge is 0.472 e. The predicted octanol–water partition coefficient (Wildman–Crippen LogP) is -0.270. The summed E-state index contributed by atoms with van der Waals surface area (Å²) in [5.41, 5.74) is 1.42. The molecule has 0 unspecified atom stereocenters. The van der Waals surface area contributed by atoms with Gasteiger partial charge in [-0.3, -0.25) is 9.78 Å². The summed E-state index contributed by atoms with van der Waals surface area (Å²) >= 11 is 0. The molecule has 0 spiro atoms. The molecule has 0 saturated heterocycles. The Kier molecular flexibility index (Phi) is 1.72. The quantitative estimate of drug-likeness (QED) is 0.511. The monoisotopic (exact) mass is 176 g/mol. The zero-order chi connectivity index (χ0) is 9.42. The molecule has 0 bridgehead atoms. The van der Waals surface area contributed by atoms with Crippen LogP contribution in [0.1, 0.15) is 16.1 Å². The van der Waals surface area contributed by atoms with Gasteiger partial charge in [0, 0.05) is 5.69 Å². The first-order valence-corrected chi connectivity index (χ1v) is 4.03. The van der Waals surface area contributed by atoms with Gasteiger partial charge < -0.3 is 9.55 Å². The predicted molar refractivity (Wildman–Crippen MR) is 49.2 cm³/mol. The number of aryl methyl sites for hydroxylation is 1. The third-order valence-electron chi connectivity index (χ3n) is 1.99. The number of carbonyl (C=O) groups is 1. The zero-order valence-electron chi connectivity index (χ0n) is 7.57. The van der Waals surface area contributed by atoms with Crippen LogP contribution in [0.2, 0.25) is 0 Å². The maximum absolute atomic E-state index is 11.6. The van der Waals surface area contributed by atoms with Gasteiger partial charge >= 0.3 is 0 Å². The molecule has 4 nitrogen and oxygen atoms in total. The zero-order valence-corrected chi connectivity index (χ0v) is 7.57. The molecule has 1 aliphatic heterocycles. The average Bonchev–Trinajstić information content (AvgIpc) is 2.12. The van der Waals surface area contributed by atoms with Crippen molar-refractivity contribution in [2.75, 3.05) is 6.73 Å². The van der Waals surface area contributed by atoms with Gasteiger partial charge in [-0.05, 0) is 13.0 Å². The van der Waals surface area contributed by atoms with Crippen LogP contribution >= 0.6 is 0 Å². The van der Waals surface area contributed by atoms with E-state index in [9.17, 15) is 4.79 Å². The molecule has 0 aromatic carbocycles. The number of aromatic nitrogens is 1. The molecular weight excluding hydrogens is 167 g/mol. The molecule has 0 atom stereocenters. The van der Waals surface area contributed by atoms with Crippen molar-refractivity contribution >= 4 is 13.9 Å². The highest BCUT2D eigenvalue weighted by Crippen LogP contribution is 2.23. The van der Waals surface area contributed by atoms with E-state index >= 15 is 0 Å². The fourth-order valence-electron chi connectivity index (χ4n) is 1.26. The number of hydrogen-bond donors (Lipinski definition) is 0. The number of ether oxygens (including phenoxy) is 1. The lowest BCUT2D eigenvalue weighted by Crippen LogP contribution is -2.36. The molecule has 0 aliphatic carbocycles. The lowest BCUT2D eigenvalue weighted by atomic mass is 10.1. The van der Waals surface area contributed by atoms with E-state index in [1.54, 1.807) is 20.2 Å². The van der Waals surface area contributed by atoms with E-state index in [2.05, 4.69) is 4.98 Å². The lowest BCUT2D eigenvalue weighted by molar-refractivity contribution is 0.0721. The third kappa shape index (κ3) is 1.26. The van der Waals surface area contributed by atoms with Crippen LogP contribution in [0, 0.1) is 6.92 Å². The molecule has 5 heteroatoms. The second-order valence-corrected chi connectivity index (χ2v) is 3.10. The molecule has 1 aromatic heterocycles. The molecule has 0 saturated carbocycles. The summed E-state index contributed by atoms with van der Waals surface area (Å²) in [5.74, 6) is 0.570. The molecule has 1 amide bonds. The Bertz CT molecular complexity index is 367. The van der Waals surface area contributed by atoms with Gasteiger partial charge in [-0.15, -0.1) is 0 Å². The maximum Gasteiger partial charge on any atom is 0.247 e. The molecule has 0 N–H and O–H groups in total. The first kappa shape index (κ1) is 8.10. The van der Waals surface area contributed by atoms with E-state index in [1.165, 1.54) is 4.81 Å². The van der Waals surface area contributed by atoms with Crippen LogP contribution in [0.4, 0.5) is 0 Å². The van der Waals surface area contributed by atoms with Crippen molar-refractivity contribution in [3.8, 4) is 5.75 Å². The number of carbonyl (C=O) groups excluding carboxylic acids is 1. The second-order valence-electron chi connectivity index (χ2n) is 3.10. The summed E-state index contributed by atoms with van der Waals surface area (Å²) < 4.78 is 5.30. The fraction of sp³-hybridized carbons (Fsp3) is 0.250. The lowest BCUT2D eigenvalue weighted by Gasteiger charge is -2.25. The summed E-state index contributed by atoms with van der Waals surface area (Å²) in [7, 11) is 1.71. The van der Waals surface area contributed by atoms with Gasteiger partial charge in [-0.1, -0.05) is 0 Å². The van der Waals surface area contributed by atoms with Crippen LogP contribution in [-0.2, 0) is 0 Å². The summed E-state index contributed by atoms with van der Waals surface area (Å²) in [5, 5.41) is 0. The SMILES string of the molecule is BN1COc2cnc(C)cc2C1=O. The average molecular weight is 176 g/mol. The van der Waals surface area contributed by atoms with Gasteiger partial charge in [0.05, 0.1) is 11.8 Å². The van der Waals surface area contributed by atoms with E-state index in [0.29, 0.717) is 18.0 Å². The molecule has 0 fully saturated rings. The van der Waals surface area contributed by atoms with Gasteiger partial charge in [0.15, 0.2) is 12.5 Å². The summed E-state index contributed by atoms with van der Waals surface area (Å²) in [4.78, 5) is 17.2. The summed E-state index contributed by atoms with van der Waals surface area (Å²) in [6.45, 7) is 2.15. The Morgan fingerprint density at radius 3 is 3.23 bits per heavy atom. The summed E-state index contributed by atoms with van der Waals surface area (Å²) in [6.07, 6.45) is 1.59. The number of fused-ring (bicyclic) bond motifs is 1. The molecule has 1 aliphatic rings. The van der Waals surface area contributed by atoms with Crippen molar-refractivity contribution in [3.63, 3.8) is 0 Å². The van der Waals surface area contributed by atoms with Crippen LogP contribution in [0.15, 0.2) is 12.3 Å². The van der Waals surface area contributed by atoms with Crippen molar-refractivity contribution in [1.82, 2.24) is 9.79 Å². The number of nitrogens with zero attached hydrogens (tertiary/aromatic N) is 2. The highest BCUT2D eigenvalue weighted by Gasteiger charge is 2.22.